The molecule has 0 aliphatic rings. The van der Waals surface area contributed by atoms with Crippen LogP contribution >= 0.6 is 0 Å². The van der Waals surface area contributed by atoms with Crippen molar-refractivity contribution in [3.63, 3.8) is 0 Å². The second-order valence-corrected chi connectivity index (χ2v) is 4.96. The number of nitrogens with zero attached hydrogens (tertiary/aromatic N) is 1. The number of nitrogens with one attached hydrogen (secondary N) is 1. The highest BCUT2D eigenvalue weighted by Crippen LogP contribution is 2.21. The number of hydrogen-bond donors (Lipinski definition) is 1. The van der Waals surface area contributed by atoms with Crippen molar-refractivity contribution in [1.82, 2.24) is 4.98 Å². The highest BCUT2D eigenvalue weighted by atomic mass is 19.1. The van der Waals surface area contributed by atoms with Crippen LogP contribution in [0.5, 0.6) is 5.75 Å². The van der Waals surface area contributed by atoms with Crippen molar-refractivity contribution in [2.75, 3.05) is 5.32 Å². The van der Waals surface area contributed by atoms with Gasteiger partial charge in [-0.3, -0.25) is 4.98 Å². The van der Waals surface area contributed by atoms with E-state index in [1.165, 1.54) is 12.3 Å². The van der Waals surface area contributed by atoms with Crippen molar-refractivity contribution < 1.29 is 9.13 Å². The molecule has 0 amide bonds. The Kier molecular flexibility index (Phi) is 4.56. The van der Waals surface area contributed by atoms with Gasteiger partial charge in [0.2, 0.25) is 0 Å². The Morgan fingerprint density at radius 2 is 1.75 bits per heavy atom. The monoisotopic (exact) mass is 274 g/mol. The molecule has 106 valence electrons. The van der Waals surface area contributed by atoms with Gasteiger partial charge in [-0.15, -0.1) is 0 Å². The van der Waals surface area contributed by atoms with Crippen molar-refractivity contribution in [2.45, 2.75) is 32.9 Å². The van der Waals surface area contributed by atoms with E-state index in [1.807, 2.05) is 45.0 Å². The van der Waals surface area contributed by atoms with Crippen LogP contribution in [-0.2, 0) is 0 Å². The van der Waals surface area contributed by atoms with E-state index in [4.69, 9.17) is 4.74 Å². The summed E-state index contributed by atoms with van der Waals surface area (Å²) >= 11 is 0. The molecule has 0 saturated carbocycles. The van der Waals surface area contributed by atoms with Gasteiger partial charge in [-0.25, -0.2) is 4.39 Å². The van der Waals surface area contributed by atoms with Crippen LogP contribution in [0.25, 0.3) is 0 Å². The first-order valence-corrected chi connectivity index (χ1v) is 6.69. The molecular weight excluding hydrogens is 255 g/mol. The number of anilines is 1. The van der Waals surface area contributed by atoms with Gasteiger partial charge in [-0.1, -0.05) is 0 Å². The number of hydrogen-bond acceptors (Lipinski definition) is 3. The summed E-state index contributed by atoms with van der Waals surface area (Å²) in [6, 6.07) is 10.9. The largest absolute Gasteiger partial charge is 0.491 e. The lowest BCUT2D eigenvalue weighted by atomic mass is 10.2. The highest BCUT2D eigenvalue weighted by molar-refractivity contribution is 5.47. The Morgan fingerprint density at radius 3 is 2.30 bits per heavy atom. The topological polar surface area (TPSA) is 34.1 Å². The smallest absolute Gasteiger partial charge is 0.141 e. The second-order valence-electron chi connectivity index (χ2n) is 4.96. The van der Waals surface area contributed by atoms with Crippen LogP contribution in [0.15, 0.2) is 42.6 Å². The maximum atomic E-state index is 12.8. The van der Waals surface area contributed by atoms with Crippen LogP contribution in [0.4, 0.5) is 10.1 Å². The van der Waals surface area contributed by atoms with Crippen molar-refractivity contribution in [3.05, 3.63) is 54.1 Å². The molecule has 0 bridgehead atoms. The van der Waals surface area contributed by atoms with Gasteiger partial charge in [-0.2, -0.15) is 0 Å². The third-order valence-corrected chi connectivity index (χ3v) is 2.80. The fourth-order valence-corrected chi connectivity index (χ4v) is 1.87. The summed E-state index contributed by atoms with van der Waals surface area (Å²) in [7, 11) is 0. The van der Waals surface area contributed by atoms with Crippen molar-refractivity contribution in [2.24, 2.45) is 0 Å². The SMILES string of the molecule is CC(C)Oc1ccc(NC(C)c2ccc(F)cn2)cc1. The van der Waals surface area contributed by atoms with Crippen molar-refractivity contribution >= 4 is 5.69 Å². The van der Waals surface area contributed by atoms with E-state index in [-0.39, 0.29) is 18.0 Å². The molecule has 1 atom stereocenters. The van der Waals surface area contributed by atoms with Crippen LogP contribution < -0.4 is 10.1 Å². The maximum absolute atomic E-state index is 12.8. The Bertz CT molecular complexity index is 537. The second kappa shape index (κ2) is 6.37. The zero-order valence-electron chi connectivity index (χ0n) is 11.9. The summed E-state index contributed by atoms with van der Waals surface area (Å²) < 4.78 is 18.4. The summed E-state index contributed by atoms with van der Waals surface area (Å²) in [5.41, 5.74) is 1.77. The van der Waals surface area contributed by atoms with Gasteiger partial charge in [0.25, 0.3) is 0 Å². The van der Waals surface area contributed by atoms with Gasteiger partial charge >= 0.3 is 0 Å². The lowest BCUT2D eigenvalue weighted by molar-refractivity contribution is 0.242. The van der Waals surface area contributed by atoms with Crippen LogP contribution in [0.2, 0.25) is 0 Å². The molecule has 2 rings (SSSR count). The normalized spacial score (nSPS) is 12.2. The van der Waals surface area contributed by atoms with Gasteiger partial charge in [0.15, 0.2) is 0 Å². The Balaban J connectivity index is 2.00. The minimum Gasteiger partial charge on any atom is -0.491 e. The fraction of sp³-hybridized carbons (Fsp3) is 0.312. The van der Waals surface area contributed by atoms with E-state index in [0.717, 1.165) is 17.1 Å². The minimum atomic E-state index is -0.323. The molecule has 1 unspecified atom stereocenters. The summed E-state index contributed by atoms with van der Waals surface area (Å²) in [4.78, 5) is 4.07. The van der Waals surface area contributed by atoms with Crippen molar-refractivity contribution in [1.29, 1.82) is 0 Å². The number of rotatable bonds is 5. The molecule has 4 heteroatoms. The van der Waals surface area contributed by atoms with Crippen LogP contribution in [0, 0.1) is 5.82 Å². The van der Waals surface area contributed by atoms with Gasteiger partial charge < -0.3 is 10.1 Å². The zero-order chi connectivity index (χ0) is 14.5. The van der Waals surface area contributed by atoms with E-state index >= 15 is 0 Å². The Morgan fingerprint density at radius 1 is 1.05 bits per heavy atom. The molecule has 0 saturated heterocycles. The molecule has 2 aromatic rings. The van der Waals surface area contributed by atoms with Gasteiger partial charge in [-0.05, 0) is 57.2 Å². The first-order valence-electron chi connectivity index (χ1n) is 6.69. The molecule has 1 heterocycles. The molecule has 0 aliphatic carbocycles. The van der Waals surface area contributed by atoms with E-state index in [1.54, 1.807) is 6.07 Å². The minimum absolute atomic E-state index is 0.00691. The van der Waals surface area contributed by atoms with Crippen LogP contribution in [0.1, 0.15) is 32.5 Å². The highest BCUT2D eigenvalue weighted by Gasteiger charge is 2.07. The molecule has 1 aromatic carbocycles. The number of ether oxygens (including phenoxy) is 1. The third kappa shape index (κ3) is 3.95. The standard InChI is InChI=1S/C16H19FN2O/c1-11(2)20-15-7-5-14(6-8-15)19-12(3)16-9-4-13(17)10-18-16/h4-12,19H,1-3H3. The fourth-order valence-electron chi connectivity index (χ4n) is 1.87. The molecule has 0 fully saturated rings. The lowest BCUT2D eigenvalue weighted by Crippen LogP contribution is -2.09. The summed E-state index contributed by atoms with van der Waals surface area (Å²) in [6.45, 7) is 5.97. The average molecular weight is 274 g/mol. The third-order valence-electron chi connectivity index (χ3n) is 2.80. The predicted octanol–water partition coefficient (Wildman–Crippen LogP) is 4.18. The molecule has 0 spiro atoms. The summed E-state index contributed by atoms with van der Waals surface area (Å²) in [5.74, 6) is 0.522. The molecular formula is C16H19FN2O. The van der Waals surface area contributed by atoms with Crippen LogP contribution in [0.3, 0.4) is 0 Å². The molecule has 1 N–H and O–H groups in total. The lowest BCUT2D eigenvalue weighted by Gasteiger charge is -2.15. The molecule has 0 radical (unpaired) electrons. The zero-order valence-corrected chi connectivity index (χ0v) is 11.9. The van der Waals surface area contributed by atoms with E-state index in [9.17, 15) is 4.39 Å². The van der Waals surface area contributed by atoms with E-state index in [0.29, 0.717) is 0 Å². The first kappa shape index (κ1) is 14.3. The van der Waals surface area contributed by atoms with Gasteiger partial charge in [0, 0.05) is 5.69 Å². The average Bonchev–Trinajstić information content (AvgIpc) is 2.41. The number of pyridine rings is 1. The quantitative estimate of drug-likeness (QED) is 0.888. The Labute approximate surface area is 118 Å². The summed E-state index contributed by atoms with van der Waals surface area (Å²) in [5, 5.41) is 3.32. The van der Waals surface area contributed by atoms with Gasteiger partial charge in [0.05, 0.1) is 24.0 Å². The number of aromatic nitrogens is 1. The molecule has 0 aliphatic heterocycles. The molecule has 20 heavy (non-hydrogen) atoms. The van der Waals surface area contributed by atoms with E-state index < -0.39 is 0 Å². The number of benzene rings is 1. The Hall–Kier alpha value is -2.10. The molecule has 1 aromatic heterocycles. The predicted molar refractivity (Wildman–Crippen MR) is 78.4 cm³/mol. The van der Waals surface area contributed by atoms with Crippen molar-refractivity contribution in [3.8, 4) is 5.75 Å². The number of halogens is 1. The summed E-state index contributed by atoms with van der Waals surface area (Å²) in [6.07, 6.45) is 1.39. The first-order chi connectivity index (χ1) is 9.54. The van der Waals surface area contributed by atoms with E-state index in [2.05, 4.69) is 10.3 Å². The maximum Gasteiger partial charge on any atom is 0.141 e. The van der Waals surface area contributed by atoms with Crippen LogP contribution in [-0.4, -0.2) is 11.1 Å². The molecule has 3 nitrogen and oxygen atoms in total. The van der Waals surface area contributed by atoms with Gasteiger partial charge in [0.1, 0.15) is 11.6 Å².